The quantitative estimate of drug-likeness (QED) is 0.892. The van der Waals surface area contributed by atoms with Gasteiger partial charge in [0.15, 0.2) is 11.5 Å². The SMILES string of the molecule is OCC(F)(F)c1cc(Cl)c2c(c1)OCCCO2. The Bertz CT molecular complexity index is 423. The molecule has 94 valence electrons. The molecule has 1 heterocycles. The Morgan fingerprint density at radius 2 is 2.00 bits per heavy atom. The van der Waals surface area contributed by atoms with E-state index in [9.17, 15) is 8.78 Å². The molecule has 1 aromatic carbocycles. The second kappa shape index (κ2) is 4.66. The molecule has 0 aromatic heterocycles. The summed E-state index contributed by atoms with van der Waals surface area (Å²) in [4.78, 5) is 0. The van der Waals surface area contributed by atoms with Gasteiger partial charge in [-0.05, 0) is 12.1 Å². The van der Waals surface area contributed by atoms with Crippen molar-refractivity contribution in [3.8, 4) is 11.5 Å². The van der Waals surface area contributed by atoms with Crippen LogP contribution in [0.3, 0.4) is 0 Å². The van der Waals surface area contributed by atoms with Gasteiger partial charge in [-0.1, -0.05) is 11.6 Å². The van der Waals surface area contributed by atoms with Crippen LogP contribution in [0.25, 0.3) is 0 Å². The van der Waals surface area contributed by atoms with Gasteiger partial charge >= 0.3 is 0 Å². The van der Waals surface area contributed by atoms with Crippen LogP contribution in [0.2, 0.25) is 5.02 Å². The van der Waals surface area contributed by atoms with Crippen LogP contribution in [-0.4, -0.2) is 24.9 Å². The summed E-state index contributed by atoms with van der Waals surface area (Å²) in [6.07, 6.45) is 0.663. The topological polar surface area (TPSA) is 38.7 Å². The van der Waals surface area contributed by atoms with Crippen molar-refractivity contribution in [1.82, 2.24) is 0 Å². The van der Waals surface area contributed by atoms with E-state index in [0.29, 0.717) is 19.6 Å². The summed E-state index contributed by atoms with van der Waals surface area (Å²) in [6.45, 7) is -0.455. The largest absolute Gasteiger partial charge is 0.489 e. The van der Waals surface area contributed by atoms with Crippen molar-refractivity contribution in [3.63, 3.8) is 0 Å². The second-order valence-corrected chi connectivity index (χ2v) is 4.11. The van der Waals surface area contributed by atoms with Crippen LogP contribution >= 0.6 is 11.6 Å². The van der Waals surface area contributed by atoms with E-state index in [1.165, 1.54) is 0 Å². The highest BCUT2D eigenvalue weighted by Gasteiger charge is 2.33. The van der Waals surface area contributed by atoms with Crippen molar-refractivity contribution in [2.45, 2.75) is 12.3 Å². The van der Waals surface area contributed by atoms with Gasteiger partial charge in [0.25, 0.3) is 5.92 Å². The standard InChI is InChI=1S/C11H11ClF2O3/c12-8-4-7(11(13,14)6-15)5-9-10(8)17-3-1-2-16-9/h4-5,15H,1-3,6H2. The van der Waals surface area contributed by atoms with Gasteiger partial charge in [-0.15, -0.1) is 0 Å². The van der Waals surface area contributed by atoms with E-state index in [0.717, 1.165) is 12.1 Å². The molecule has 1 N–H and O–H groups in total. The van der Waals surface area contributed by atoms with Gasteiger partial charge < -0.3 is 14.6 Å². The molecule has 3 nitrogen and oxygen atoms in total. The Morgan fingerprint density at radius 1 is 1.29 bits per heavy atom. The summed E-state index contributed by atoms with van der Waals surface area (Å²) in [5.41, 5.74) is -0.380. The minimum absolute atomic E-state index is 0.0625. The molecule has 1 aliphatic rings. The Hall–Kier alpha value is -1.07. The molecule has 0 bridgehead atoms. The van der Waals surface area contributed by atoms with E-state index in [4.69, 9.17) is 26.2 Å². The summed E-state index contributed by atoms with van der Waals surface area (Å²) in [7, 11) is 0. The molecule has 0 radical (unpaired) electrons. The fourth-order valence-corrected chi connectivity index (χ4v) is 1.80. The summed E-state index contributed by atoms with van der Waals surface area (Å²) in [5.74, 6) is -2.87. The first kappa shape index (κ1) is 12.4. The Kier molecular flexibility index (Phi) is 3.40. The first-order chi connectivity index (χ1) is 8.04. The Labute approximate surface area is 102 Å². The molecule has 0 unspecified atom stereocenters. The molecule has 6 heteroatoms. The molecule has 17 heavy (non-hydrogen) atoms. The zero-order chi connectivity index (χ0) is 12.5. The number of aliphatic hydroxyl groups is 1. The summed E-state index contributed by atoms with van der Waals surface area (Å²) in [5, 5.41) is 8.70. The van der Waals surface area contributed by atoms with Crippen LogP contribution in [0, 0.1) is 0 Å². The molecule has 0 aliphatic carbocycles. The van der Waals surface area contributed by atoms with Gasteiger partial charge in [0.05, 0.1) is 18.2 Å². The van der Waals surface area contributed by atoms with Crippen molar-refractivity contribution in [1.29, 1.82) is 0 Å². The molecule has 0 fully saturated rings. The van der Waals surface area contributed by atoms with Crippen LogP contribution < -0.4 is 9.47 Å². The first-order valence-corrected chi connectivity index (χ1v) is 5.50. The van der Waals surface area contributed by atoms with Crippen molar-refractivity contribution >= 4 is 11.6 Å². The third-order valence-corrected chi connectivity index (χ3v) is 2.70. The number of halogens is 3. The smallest absolute Gasteiger partial charge is 0.295 e. The Morgan fingerprint density at radius 3 is 2.71 bits per heavy atom. The number of aliphatic hydroxyl groups excluding tert-OH is 1. The predicted molar refractivity (Wildman–Crippen MR) is 58.0 cm³/mol. The first-order valence-electron chi connectivity index (χ1n) is 5.13. The van der Waals surface area contributed by atoms with Crippen LogP contribution in [-0.2, 0) is 5.92 Å². The molecule has 0 atom stereocenters. The monoisotopic (exact) mass is 264 g/mol. The minimum Gasteiger partial charge on any atom is -0.489 e. The summed E-state index contributed by atoms with van der Waals surface area (Å²) < 4.78 is 37.3. The average molecular weight is 265 g/mol. The lowest BCUT2D eigenvalue weighted by molar-refractivity contribution is -0.0557. The van der Waals surface area contributed by atoms with Crippen molar-refractivity contribution in [2.24, 2.45) is 0 Å². The van der Waals surface area contributed by atoms with E-state index in [1.807, 2.05) is 0 Å². The lowest BCUT2D eigenvalue weighted by Crippen LogP contribution is -2.18. The number of ether oxygens (including phenoxy) is 2. The van der Waals surface area contributed by atoms with Crippen molar-refractivity contribution in [2.75, 3.05) is 19.8 Å². The van der Waals surface area contributed by atoms with Crippen LogP contribution in [0.15, 0.2) is 12.1 Å². The lowest BCUT2D eigenvalue weighted by Gasteiger charge is -2.17. The number of hydrogen-bond acceptors (Lipinski definition) is 3. The van der Waals surface area contributed by atoms with Crippen LogP contribution in [0.4, 0.5) is 8.78 Å². The average Bonchev–Trinajstić information content (AvgIpc) is 2.54. The number of fused-ring (bicyclic) bond motifs is 1. The lowest BCUT2D eigenvalue weighted by atomic mass is 10.1. The molecule has 2 rings (SSSR count). The minimum atomic E-state index is -3.34. The molecular formula is C11H11ClF2O3. The van der Waals surface area contributed by atoms with Crippen LogP contribution in [0.1, 0.15) is 12.0 Å². The third kappa shape index (κ3) is 2.45. The highest BCUT2D eigenvalue weighted by atomic mass is 35.5. The van der Waals surface area contributed by atoms with E-state index in [2.05, 4.69) is 0 Å². The van der Waals surface area contributed by atoms with Gasteiger partial charge in [-0.2, -0.15) is 8.78 Å². The highest BCUT2D eigenvalue weighted by molar-refractivity contribution is 6.32. The van der Waals surface area contributed by atoms with E-state index < -0.39 is 12.5 Å². The molecule has 1 aliphatic heterocycles. The van der Waals surface area contributed by atoms with Crippen molar-refractivity contribution < 1.29 is 23.4 Å². The fraction of sp³-hybridized carbons (Fsp3) is 0.455. The number of hydrogen-bond donors (Lipinski definition) is 1. The van der Waals surface area contributed by atoms with Gasteiger partial charge in [0.1, 0.15) is 6.61 Å². The zero-order valence-electron chi connectivity index (χ0n) is 8.88. The number of alkyl halides is 2. The third-order valence-electron chi connectivity index (χ3n) is 2.42. The number of benzene rings is 1. The van der Waals surface area contributed by atoms with Crippen molar-refractivity contribution in [3.05, 3.63) is 22.7 Å². The highest BCUT2D eigenvalue weighted by Crippen LogP contribution is 2.41. The molecule has 0 spiro atoms. The Balaban J connectivity index is 2.46. The second-order valence-electron chi connectivity index (χ2n) is 3.70. The molecule has 0 amide bonds. The molecule has 0 saturated carbocycles. The van der Waals surface area contributed by atoms with Gasteiger partial charge in [-0.3, -0.25) is 0 Å². The zero-order valence-corrected chi connectivity index (χ0v) is 9.64. The maximum atomic E-state index is 13.3. The summed E-state index contributed by atoms with van der Waals surface area (Å²) >= 11 is 5.86. The van der Waals surface area contributed by atoms with Gasteiger partial charge in [0.2, 0.25) is 0 Å². The number of rotatable bonds is 2. The maximum absolute atomic E-state index is 13.3. The van der Waals surface area contributed by atoms with E-state index in [-0.39, 0.29) is 22.1 Å². The van der Waals surface area contributed by atoms with Crippen LogP contribution in [0.5, 0.6) is 11.5 Å². The van der Waals surface area contributed by atoms with Gasteiger partial charge in [-0.25, -0.2) is 0 Å². The molecule has 0 saturated heterocycles. The molecule has 1 aromatic rings. The normalized spacial score (nSPS) is 15.5. The predicted octanol–water partition coefficient (Wildman–Crippen LogP) is 2.59. The molecular weight excluding hydrogens is 254 g/mol. The maximum Gasteiger partial charge on any atom is 0.295 e. The van der Waals surface area contributed by atoms with E-state index in [1.54, 1.807) is 0 Å². The summed E-state index contributed by atoms with van der Waals surface area (Å²) in [6, 6.07) is 2.24. The fourth-order valence-electron chi connectivity index (χ4n) is 1.53. The van der Waals surface area contributed by atoms with E-state index >= 15 is 0 Å². The van der Waals surface area contributed by atoms with Gasteiger partial charge in [0, 0.05) is 12.0 Å².